The standard InChI is InChI=1S/C20H27N2O7PS/c1-12-5-7-14(8-6-12)18(23)20(24)13(2)10-22(19(31)21-20)17-9-15(27-3)16(29-17)11-28-30(4,25)26/h5-8,10,15-17,24H,9,11H2,1-4H3,(H,21,31)(H,25,26)/t15?,16-,17-,20?/m1/s1. The Balaban J connectivity index is 1.78. The average molecular weight is 470 g/mol. The topological polar surface area (TPSA) is 118 Å². The SMILES string of the molecule is COC1C[C@H](N2C=C(C)C(O)(C(=O)c3ccc(C)cc3)NC2=S)O[C@@H]1COP(C)(=O)O. The first kappa shape index (κ1) is 24.0. The van der Waals surface area contributed by atoms with Gasteiger partial charge in [0, 0.05) is 37.5 Å². The molecule has 0 aromatic heterocycles. The molecule has 31 heavy (non-hydrogen) atoms. The zero-order chi connectivity index (χ0) is 23.0. The van der Waals surface area contributed by atoms with Crippen molar-refractivity contribution in [2.45, 2.75) is 44.4 Å². The van der Waals surface area contributed by atoms with Crippen LogP contribution >= 0.6 is 19.8 Å². The van der Waals surface area contributed by atoms with Gasteiger partial charge >= 0.3 is 7.60 Å². The highest BCUT2D eigenvalue weighted by Crippen LogP contribution is 2.38. The van der Waals surface area contributed by atoms with Crippen molar-refractivity contribution in [2.75, 3.05) is 20.4 Å². The molecule has 2 aliphatic rings. The molecule has 0 bridgehead atoms. The van der Waals surface area contributed by atoms with Crippen molar-refractivity contribution in [1.82, 2.24) is 10.2 Å². The van der Waals surface area contributed by atoms with Gasteiger partial charge in [-0.05, 0) is 26.1 Å². The van der Waals surface area contributed by atoms with Crippen LogP contribution in [-0.4, -0.2) is 70.3 Å². The van der Waals surface area contributed by atoms with E-state index in [0.29, 0.717) is 17.6 Å². The summed E-state index contributed by atoms with van der Waals surface area (Å²) in [7, 11) is -2.15. The number of carbonyl (C=O) groups excluding carboxylic acids is 1. The second-order valence-electron chi connectivity index (χ2n) is 7.79. The normalized spacial score (nSPS) is 30.5. The van der Waals surface area contributed by atoms with Crippen LogP contribution in [0.15, 0.2) is 36.0 Å². The van der Waals surface area contributed by atoms with E-state index < -0.39 is 31.4 Å². The molecule has 2 aliphatic heterocycles. The number of ether oxygens (including phenoxy) is 2. The van der Waals surface area contributed by atoms with Crippen LogP contribution < -0.4 is 5.32 Å². The lowest BCUT2D eigenvalue weighted by molar-refractivity contribution is -0.0550. The van der Waals surface area contributed by atoms with Gasteiger partial charge < -0.3 is 29.3 Å². The van der Waals surface area contributed by atoms with Crippen molar-refractivity contribution in [1.29, 1.82) is 0 Å². The zero-order valence-corrected chi connectivity index (χ0v) is 19.5. The Hall–Kier alpha value is -1.65. The van der Waals surface area contributed by atoms with Crippen LogP contribution in [0.25, 0.3) is 0 Å². The number of nitrogens with one attached hydrogen (secondary N) is 1. The zero-order valence-electron chi connectivity index (χ0n) is 17.8. The summed E-state index contributed by atoms with van der Waals surface area (Å²) in [6.45, 7) is 4.51. The molecule has 9 nitrogen and oxygen atoms in total. The Morgan fingerprint density at radius 3 is 2.61 bits per heavy atom. The summed E-state index contributed by atoms with van der Waals surface area (Å²) in [5.41, 5.74) is -0.279. The number of methoxy groups -OCH3 is 1. The van der Waals surface area contributed by atoms with Crippen molar-refractivity contribution in [2.24, 2.45) is 0 Å². The fourth-order valence-corrected chi connectivity index (χ4v) is 4.26. The maximum atomic E-state index is 13.0. The van der Waals surface area contributed by atoms with Gasteiger partial charge in [-0.1, -0.05) is 29.8 Å². The predicted molar refractivity (Wildman–Crippen MR) is 118 cm³/mol. The number of rotatable bonds is 7. The molecule has 0 amide bonds. The van der Waals surface area contributed by atoms with E-state index in [9.17, 15) is 19.4 Å². The molecular formula is C20H27N2O7PS. The third kappa shape index (κ3) is 5.23. The van der Waals surface area contributed by atoms with Gasteiger partial charge in [-0.2, -0.15) is 0 Å². The molecule has 1 saturated heterocycles. The van der Waals surface area contributed by atoms with Crippen molar-refractivity contribution in [3.63, 3.8) is 0 Å². The summed E-state index contributed by atoms with van der Waals surface area (Å²) in [4.78, 5) is 24.0. The first-order valence-corrected chi connectivity index (χ1v) is 12.1. The summed E-state index contributed by atoms with van der Waals surface area (Å²) < 4.78 is 27.8. The van der Waals surface area contributed by atoms with E-state index in [4.69, 9.17) is 26.2 Å². The molecule has 0 spiro atoms. The van der Waals surface area contributed by atoms with E-state index in [2.05, 4.69) is 5.32 Å². The van der Waals surface area contributed by atoms with Crippen LogP contribution in [0.1, 0.15) is 29.3 Å². The van der Waals surface area contributed by atoms with Crippen molar-refractivity contribution in [3.8, 4) is 0 Å². The predicted octanol–water partition coefficient (Wildman–Crippen LogP) is 1.92. The number of aliphatic hydroxyl groups is 1. The summed E-state index contributed by atoms with van der Waals surface area (Å²) in [6, 6.07) is 6.90. The lowest BCUT2D eigenvalue weighted by atomic mass is 9.93. The summed E-state index contributed by atoms with van der Waals surface area (Å²) in [6.07, 6.45) is 0.440. The highest BCUT2D eigenvalue weighted by molar-refractivity contribution is 7.80. The molecule has 1 fully saturated rings. The molecular weight excluding hydrogens is 443 g/mol. The number of aryl methyl sites for hydroxylation is 1. The summed E-state index contributed by atoms with van der Waals surface area (Å²) in [5, 5.41) is 14.0. The van der Waals surface area contributed by atoms with Crippen molar-refractivity contribution >= 4 is 30.7 Å². The third-order valence-electron chi connectivity index (χ3n) is 5.34. The van der Waals surface area contributed by atoms with Crippen molar-refractivity contribution in [3.05, 3.63) is 47.2 Å². The average Bonchev–Trinajstić information content (AvgIpc) is 3.11. The van der Waals surface area contributed by atoms with Crippen LogP contribution in [0, 0.1) is 6.92 Å². The second kappa shape index (κ2) is 9.07. The molecule has 0 radical (unpaired) electrons. The second-order valence-corrected chi connectivity index (χ2v) is 10.0. The Bertz CT molecular complexity index is 932. The van der Waals surface area contributed by atoms with Gasteiger partial charge in [-0.25, -0.2) is 0 Å². The molecule has 3 N–H and O–H groups in total. The third-order valence-corrected chi connectivity index (χ3v) is 6.28. The Labute approximate surface area is 186 Å². The van der Waals surface area contributed by atoms with Gasteiger partial charge in [0.15, 0.2) is 5.11 Å². The van der Waals surface area contributed by atoms with E-state index in [1.807, 2.05) is 6.92 Å². The van der Waals surface area contributed by atoms with E-state index in [-0.39, 0.29) is 17.8 Å². The maximum absolute atomic E-state index is 13.0. The summed E-state index contributed by atoms with van der Waals surface area (Å²) in [5.74, 6) is -0.515. The molecule has 0 saturated carbocycles. The van der Waals surface area contributed by atoms with Crippen molar-refractivity contribution < 1.29 is 33.4 Å². The largest absolute Gasteiger partial charge is 0.378 e. The number of thiocarbonyl (C=S) groups is 1. The first-order chi connectivity index (χ1) is 14.4. The molecule has 11 heteroatoms. The minimum absolute atomic E-state index is 0.110. The number of Topliss-reactive ketones (excluding diaryl/α,β-unsaturated/α-hetero) is 1. The number of carbonyl (C=O) groups is 1. The van der Waals surface area contributed by atoms with Gasteiger partial charge in [-0.3, -0.25) is 14.3 Å². The molecule has 2 heterocycles. The summed E-state index contributed by atoms with van der Waals surface area (Å²) >= 11 is 5.41. The molecule has 0 aliphatic carbocycles. The monoisotopic (exact) mass is 470 g/mol. The Kier molecular flexibility index (Phi) is 7.02. The van der Waals surface area contributed by atoms with E-state index in [1.54, 1.807) is 42.3 Å². The minimum atomic E-state index is -3.66. The molecule has 5 atom stereocenters. The van der Waals surface area contributed by atoms with Gasteiger partial charge in [0.05, 0.1) is 12.7 Å². The lowest BCUT2D eigenvalue weighted by Crippen LogP contribution is -2.62. The molecule has 1 aromatic rings. The van der Waals surface area contributed by atoms with Gasteiger partial charge in [-0.15, -0.1) is 0 Å². The quantitative estimate of drug-likeness (QED) is 0.310. The van der Waals surface area contributed by atoms with E-state index in [1.165, 1.54) is 7.11 Å². The highest BCUT2D eigenvalue weighted by atomic mass is 32.1. The van der Waals surface area contributed by atoms with Crippen LogP contribution in [0.3, 0.4) is 0 Å². The molecule has 1 aromatic carbocycles. The molecule has 170 valence electrons. The lowest BCUT2D eigenvalue weighted by Gasteiger charge is -2.40. The molecule has 3 rings (SSSR count). The number of benzene rings is 1. The van der Waals surface area contributed by atoms with Gasteiger partial charge in [0.1, 0.15) is 12.3 Å². The van der Waals surface area contributed by atoms with Gasteiger partial charge in [0.25, 0.3) is 0 Å². The number of hydrogen-bond acceptors (Lipinski definition) is 7. The van der Waals surface area contributed by atoms with E-state index >= 15 is 0 Å². The number of nitrogens with zero attached hydrogens (tertiary/aromatic N) is 1. The van der Waals surface area contributed by atoms with E-state index in [0.717, 1.165) is 12.2 Å². The smallest absolute Gasteiger partial charge is 0.325 e. The Morgan fingerprint density at radius 2 is 2.03 bits per heavy atom. The van der Waals surface area contributed by atoms with Crippen LogP contribution in [0.2, 0.25) is 0 Å². The van der Waals surface area contributed by atoms with Crippen LogP contribution in [0.5, 0.6) is 0 Å². The number of ketones is 1. The van der Waals surface area contributed by atoms with Gasteiger partial charge in [0.2, 0.25) is 11.5 Å². The minimum Gasteiger partial charge on any atom is -0.378 e. The highest BCUT2D eigenvalue weighted by Gasteiger charge is 2.46. The van der Waals surface area contributed by atoms with Crippen LogP contribution in [0.4, 0.5) is 0 Å². The molecule has 3 unspecified atom stereocenters. The Morgan fingerprint density at radius 1 is 1.39 bits per heavy atom. The van der Waals surface area contributed by atoms with Crippen LogP contribution in [-0.2, 0) is 18.6 Å². The fraction of sp³-hybridized carbons (Fsp3) is 0.500. The fourth-order valence-electron chi connectivity index (χ4n) is 3.52. The maximum Gasteiger partial charge on any atom is 0.325 e. The number of hydrogen-bond donors (Lipinski definition) is 3. The first-order valence-electron chi connectivity index (χ1n) is 9.71.